The van der Waals surface area contributed by atoms with Crippen molar-refractivity contribution < 1.29 is 4.52 Å². The van der Waals surface area contributed by atoms with Crippen LogP contribution >= 0.6 is 27.5 Å². The largest absolute Gasteiger partial charge is 0.342 e. The Hall–Kier alpha value is -0.870. The van der Waals surface area contributed by atoms with E-state index in [2.05, 4.69) is 30.6 Å². The minimum atomic E-state index is 0.484. The van der Waals surface area contributed by atoms with Crippen LogP contribution in [0.3, 0.4) is 0 Å². The van der Waals surface area contributed by atoms with Crippen molar-refractivity contribution in [2.75, 3.05) is 0 Å². The van der Waals surface area contributed by atoms with E-state index in [1.165, 1.54) is 6.39 Å². The van der Waals surface area contributed by atoms with Crippen LogP contribution in [0.25, 0.3) is 11.4 Å². The van der Waals surface area contributed by atoms with Crippen LogP contribution in [0.4, 0.5) is 0 Å². The van der Waals surface area contributed by atoms with Gasteiger partial charge in [0.2, 0.25) is 12.2 Å². The molecule has 0 unspecified atom stereocenters. The summed E-state index contributed by atoms with van der Waals surface area (Å²) in [6.45, 7) is 0. The normalized spacial score (nSPS) is 10.3. The maximum Gasteiger partial charge on any atom is 0.214 e. The van der Waals surface area contributed by atoms with Crippen LogP contribution < -0.4 is 0 Å². The highest BCUT2D eigenvalue weighted by molar-refractivity contribution is 9.10. The molecule has 0 fully saturated rings. The number of benzene rings is 1. The number of hydrogen-bond acceptors (Lipinski definition) is 3. The minimum Gasteiger partial charge on any atom is -0.342 e. The first-order valence-electron chi connectivity index (χ1n) is 3.50. The Balaban J connectivity index is 2.64. The molecular formula is C8H4BrClN2O. The molecule has 0 atom stereocenters. The fraction of sp³-hybridized carbons (Fsp3) is 0. The molecule has 0 saturated carbocycles. The molecule has 2 rings (SSSR count). The van der Waals surface area contributed by atoms with E-state index in [4.69, 9.17) is 11.6 Å². The highest BCUT2D eigenvalue weighted by Gasteiger charge is 2.11. The lowest BCUT2D eigenvalue weighted by Gasteiger charge is -2.00. The quantitative estimate of drug-likeness (QED) is 0.790. The van der Waals surface area contributed by atoms with E-state index in [1.54, 1.807) is 6.07 Å². The molecule has 2 aromatic rings. The van der Waals surface area contributed by atoms with Gasteiger partial charge in [-0.25, -0.2) is 0 Å². The maximum atomic E-state index is 5.97. The van der Waals surface area contributed by atoms with Gasteiger partial charge in [-0.2, -0.15) is 4.98 Å². The van der Waals surface area contributed by atoms with Gasteiger partial charge < -0.3 is 4.52 Å². The lowest BCUT2D eigenvalue weighted by molar-refractivity contribution is 0.418. The maximum absolute atomic E-state index is 5.97. The highest BCUT2D eigenvalue weighted by atomic mass is 79.9. The van der Waals surface area contributed by atoms with Crippen LogP contribution in [0.1, 0.15) is 0 Å². The van der Waals surface area contributed by atoms with Gasteiger partial charge in [0.05, 0.1) is 10.6 Å². The SMILES string of the molecule is Clc1cccc(Br)c1-c1ncon1. The minimum absolute atomic E-state index is 0.484. The summed E-state index contributed by atoms with van der Waals surface area (Å²) in [6.07, 6.45) is 1.27. The molecule has 1 heterocycles. The summed E-state index contributed by atoms with van der Waals surface area (Å²) in [7, 11) is 0. The Morgan fingerprint density at radius 2 is 2.23 bits per heavy atom. The van der Waals surface area contributed by atoms with Gasteiger partial charge in [-0.15, -0.1) is 0 Å². The second-order valence-electron chi connectivity index (χ2n) is 2.35. The molecule has 0 saturated heterocycles. The first kappa shape index (κ1) is 8.72. The Kier molecular flexibility index (Phi) is 2.33. The van der Waals surface area contributed by atoms with Crippen molar-refractivity contribution in [3.05, 3.63) is 34.1 Å². The summed E-state index contributed by atoms with van der Waals surface area (Å²) in [5, 5.41) is 4.30. The zero-order chi connectivity index (χ0) is 9.26. The monoisotopic (exact) mass is 258 g/mol. The molecule has 0 amide bonds. The van der Waals surface area contributed by atoms with Crippen molar-refractivity contribution in [3.63, 3.8) is 0 Å². The summed E-state index contributed by atoms with van der Waals surface area (Å²) >= 11 is 9.33. The van der Waals surface area contributed by atoms with E-state index in [0.29, 0.717) is 10.8 Å². The van der Waals surface area contributed by atoms with Gasteiger partial charge in [0.1, 0.15) is 0 Å². The van der Waals surface area contributed by atoms with Crippen molar-refractivity contribution in [1.82, 2.24) is 10.1 Å². The van der Waals surface area contributed by atoms with E-state index in [1.807, 2.05) is 12.1 Å². The lowest BCUT2D eigenvalue weighted by Crippen LogP contribution is -1.83. The average Bonchev–Trinajstić information content (AvgIpc) is 2.57. The number of nitrogens with zero attached hydrogens (tertiary/aromatic N) is 2. The highest BCUT2D eigenvalue weighted by Crippen LogP contribution is 2.32. The Morgan fingerprint density at radius 1 is 1.38 bits per heavy atom. The lowest BCUT2D eigenvalue weighted by atomic mass is 10.2. The van der Waals surface area contributed by atoms with Gasteiger partial charge in [-0.05, 0) is 28.1 Å². The molecule has 3 nitrogen and oxygen atoms in total. The van der Waals surface area contributed by atoms with Crippen LogP contribution in [0.5, 0.6) is 0 Å². The molecule has 0 N–H and O–H groups in total. The number of aromatic nitrogens is 2. The van der Waals surface area contributed by atoms with Gasteiger partial charge in [-0.3, -0.25) is 0 Å². The summed E-state index contributed by atoms with van der Waals surface area (Å²) in [4.78, 5) is 3.92. The molecule has 1 aromatic carbocycles. The zero-order valence-electron chi connectivity index (χ0n) is 6.37. The molecule has 0 aliphatic heterocycles. The number of hydrogen-bond donors (Lipinski definition) is 0. The van der Waals surface area contributed by atoms with E-state index in [9.17, 15) is 0 Å². The Labute approximate surface area is 87.8 Å². The van der Waals surface area contributed by atoms with Crippen LogP contribution in [0.15, 0.2) is 33.6 Å². The third-order valence-electron chi connectivity index (χ3n) is 1.55. The molecule has 13 heavy (non-hydrogen) atoms. The molecule has 5 heteroatoms. The molecule has 0 aliphatic rings. The van der Waals surface area contributed by atoms with Gasteiger partial charge in [0.15, 0.2) is 0 Å². The zero-order valence-corrected chi connectivity index (χ0v) is 8.71. The smallest absolute Gasteiger partial charge is 0.214 e. The van der Waals surface area contributed by atoms with Crippen molar-refractivity contribution >= 4 is 27.5 Å². The summed E-state index contributed by atoms with van der Waals surface area (Å²) < 4.78 is 5.49. The standard InChI is InChI=1S/C8H4BrClN2O/c9-5-2-1-3-6(10)7(5)8-11-4-13-12-8/h1-4H. The van der Waals surface area contributed by atoms with Gasteiger partial charge in [-0.1, -0.05) is 22.8 Å². The van der Waals surface area contributed by atoms with Crippen LogP contribution in [0, 0.1) is 0 Å². The fourth-order valence-corrected chi connectivity index (χ4v) is 1.91. The van der Waals surface area contributed by atoms with Crippen molar-refractivity contribution in [2.24, 2.45) is 0 Å². The number of rotatable bonds is 1. The van der Waals surface area contributed by atoms with Crippen molar-refractivity contribution in [2.45, 2.75) is 0 Å². The summed E-state index contributed by atoms with van der Waals surface area (Å²) in [5.74, 6) is 0.484. The van der Waals surface area contributed by atoms with Gasteiger partial charge in [0, 0.05) is 4.47 Å². The topological polar surface area (TPSA) is 38.9 Å². The van der Waals surface area contributed by atoms with Gasteiger partial charge in [0.25, 0.3) is 0 Å². The van der Waals surface area contributed by atoms with Gasteiger partial charge >= 0.3 is 0 Å². The van der Waals surface area contributed by atoms with Crippen LogP contribution in [-0.2, 0) is 0 Å². The average molecular weight is 259 g/mol. The second-order valence-corrected chi connectivity index (χ2v) is 3.61. The second kappa shape index (κ2) is 3.47. The molecule has 0 radical (unpaired) electrons. The molecule has 66 valence electrons. The van der Waals surface area contributed by atoms with E-state index >= 15 is 0 Å². The van der Waals surface area contributed by atoms with E-state index < -0.39 is 0 Å². The first-order chi connectivity index (χ1) is 6.29. The predicted octanol–water partition coefficient (Wildman–Crippen LogP) is 3.15. The van der Waals surface area contributed by atoms with Crippen LogP contribution in [0.2, 0.25) is 5.02 Å². The molecule has 0 aliphatic carbocycles. The summed E-state index contributed by atoms with van der Waals surface area (Å²) in [5.41, 5.74) is 0.748. The van der Waals surface area contributed by atoms with E-state index in [-0.39, 0.29) is 0 Å². The number of halogens is 2. The fourth-order valence-electron chi connectivity index (χ4n) is 0.992. The Bertz CT molecular complexity index is 396. The molecule has 1 aromatic heterocycles. The van der Waals surface area contributed by atoms with Crippen LogP contribution in [-0.4, -0.2) is 10.1 Å². The third kappa shape index (κ3) is 1.59. The predicted molar refractivity (Wildman–Crippen MR) is 52.4 cm³/mol. The molecular weight excluding hydrogens is 255 g/mol. The third-order valence-corrected chi connectivity index (χ3v) is 2.52. The van der Waals surface area contributed by atoms with E-state index in [0.717, 1.165) is 10.0 Å². The van der Waals surface area contributed by atoms with Crippen molar-refractivity contribution in [3.8, 4) is 11.4 Å². The molecule has 0 spiro atoms. The summed E-state index contributed by atoms with van der Waals surface area (Å²) in [6, 6.07) is 5.49. The van der Waals surface area contributed by atoms with Crippen molar-refractivity contribution in [1.29, 1.82) is 0 Å². The first-order valence-corrected chi connectivity index (χ1v) is 4.67. The Morgan fingerprint density at radius 3 is 2.85 bits per heavy atom. The molecule has 0 bridgehead atoms.